The summed E-state index contributed by atoms with van der Waals surface area (Å²) in [6, 6.07) is 10.4. The molecule has 4 aliphatic rings. The molecule has 3 aromatic heterocycles. The lowest BCUT2D eigenvalue weighted by Gasteiger charge is -2.69. The molecule has 1 amide bonds. The number of ether oxygens (including phenoxy) is 3. The van der Waals surface area contributed by atoms with Crippen LogP contribution in [0, 0.1) is 23.2 Å². The molecule has 2 unspecified atom stereocenters. The summed E-state index contributed by atoms with van der Waals surface area (Å²) in [5, 5.41) is 15.3. The number of amides is 1. The van der Waals surface area contributed by atoms with Gasteiger partial charge >= 0.3 is 18.0 Å². The van der Waals surface area contributed by atoms with E-state index in [1.807, 2.05) is 66.8 Å². The molecule has 2 atom stereocenters. The van der Waals surface area contributed by atoms with Crippen LogP contribution in [0.3, 0.4) is 0 Å². The number of likely N-dealkylation sites (N-methyl/N-ethyl adjacent to an activating group) is 1. The van der Waals surface area contributed by atoms with E-state index in [9.17, 15) is 19.5 Å². The Morgan fingerprint density at radius 3 is 2.21 bits per heavy atom. The van der Waals surface area contributed by atoms with Crippen LogP contribution in [0.15, 0.2) is 48.8 Å². The molecule has 0 saturated heterocycles. The molecule has 57 heavy (non-hydrogen) atoms. The molecule has 1 N–H and O–H groups in total. The summed E-state index contributed by atoms with van der Waals surface area (Å²) < 4.78 is 20.4. The number of hydrogen-bond acceptors (Lipinski definition) is 9. The highest BCUT2D eigenvalue weighted by atomic mass is 16.6. The van der Waals surface area contributed by atoms with Crippen LogP contribution in [0.4, 0.5) is 4.79 Å². The second-order valence-corrected chi connectivity index (χ2v) is 19.9. The van der Waals surface area contributed by atoms with Gasteiger partial charge in [-0.2, -0.15) is 5.10 Å². The Balaban J connectivity index is 1.18. The predicted octanol–water partition coefficient (Wildman–Crippen LogP) is 9.12. The molecule has 12 heteroatoms. The Morgan fingerprint density at radius 2 is 1.56 bits per heavy atom. The summed E-state index contributed by atoms with van der Waals surface area (Å²) in [5.41, 5.74) is 2.79. The summed E-state index contributed by atoms with van der Waals surface area (Å²) in [5.74, 6) is -1.61. The summed E-state index contributed by atoms with van der Waals surface area (Å²) >= 11 is 0. The number of carbonyl (C=O) groups excluding carboxylic acids is 2. The standard InChI is InChI=1S/C45H57N5O7/c1-28-33(30-14-15-34(48-36(30)38(53)56-40(2,3)4)29-18-32-31(37(51)52)12-11-13-35(32)46-19-29)20-47-50(28)27-44-22-42(8)21-43(9,23-44)25-45(24-42,26-44)55-17-16-49(10)39(54)57-41(5,6)7/h11-15,18-20H,16-17,21-27H2,1-10H3,(H,51,52). The Kier molecular flexibility index (Phi) is 9.86. The fraction of sp³-hybridized carbons (Fsp3) is 0.556. The molecule has 4 fully saturated rings. The van der Waals surface area contributed by atoms with Crippen molar-refractivity contribution in [2.24, 2.45) is 16.2 Å². The zero-order valence-electron chi connectivity index (χ0n) is 35.1. The molecule has 8 rings (SSSR count). The van der Waals surface area contributed by atoms with Crippen molar-refractivity contribution >= 4 is 28.9 Å². The predicted molar refractivity (Wildman–Crippen MR) is 217 cm³/mol. The van der Waals surface area contributed by atoms with Crippen LogP contribution in [0.5, 0.6) is 0 Å². The highest BCUT2D eigenvalue weighted by molar-refractivity contribution is 6.03. The average Bonchev–Trinajstić information content (AvgIpc) is 3.42. The van der Waals surface area contributed by atoms with Gasteiger partial charge < -0.3 is 24.2 Å². The number of aromatic carboxylic acids is 1. The number of carboxylic acid groups (broad SMARTS) is 1. The third kappa shape index (κ3) is 8.29. The second-order valence-electron chi connectivity index (χ2n) is 19.9. The third-order valence-electron chi connectivity index (χ3n) is 11.8. The van der Waals surface area contributed by atoms with Crippen LogP contribution in [-0.2, 0) is 20.8 Å². The first-order valence-electron chi connectivity index (χ1n) is 20.0. The number of pyridine rings is 2. The minimum atomic E-state index is -1.05. The molecule has 0 spiro atoms. The second kappa shape index (κ2) is 13.9. The van der Waals surface area contributed by atoms with E-state index < -0.39 is 23.1 Å². The molecule has 4 aliphatic carbocycles. The van der Waals surface area contributed by atoms with Crippen LogP contribution in [0.1, 0.15) is 120 Å². The van der Waals surface area contributed by atoms with Crippen LogP contribution in [0.25, 0.3) is 33.3 Å². The molecule has 12 nitrogen and oxygen atoms in total. The minimum Gasteiger partial charge on any atom is -0.478 e. The smallest absolute Gasteiger partial charge is 0.410 e. The lowest BCUT2D eigenvalue weighted by atomic mass is 9.39. The zero-order chi connectivity index (χ0) is 41.3. The highest BCUT2D eigenvalue weighted by Gasteiger charge is 2.66. The van der Waals surface area contributed by atoms with E-state index in [0.29, 0.717) is 40.9 Å². The SMILES string of the molecule is Cc1c(-c2ccc(-c3cnc4cccc(C(=O)O)c4c3)nc2C(=O)OC(C)(C)C)cnn1CC12CC3(C)CC(C)(C1)CC(OCCN(C)C(=O)OC(C)(C)C)(C3)C2. The largest absolute Gasteiger partial charge is 0.478 e. The zero-order valence-corrected chi connectivity index (χ0v) is 35.1. The van der Waals surface area contributed by atoms with Gasteiger partial charge in [-0.25, -0.2) is 19.4 Å². The van der Waals surface area contributed by atoms with Crippen LogP contribution in [-0.4, -0.2) is 84.8 Å². The number of carbonyl (C=O) groups is 3. The van der Waals surface area contributed by atoms with E-state index in [2.05, 4.69) is 23.5 Å². The van der Waals surface area contributed by atoms with Gasteiger partial charge in [-0.1, -0.05) is 19.9 Å². The molecule has 0 aliphatic heterocycles. The van der Waals surface area contributed by atoms with Gasteiger partial charge in [0.1, 0.15) is 11.2 Å². The summed E-state index contributed by atoms with van der Waals surface area (Å²) in [7, 11) is 1.76. The van der Waals surface area contributed by atoms with Gasteiger partial charge in [0.2, 0.25) is 0 Å². The van der Waals surface area contributed by atoms with Crippen LogP contribution in [0.2, 0.25) is 0 Å². The van der Waals surface area contributed by atoms with Gasteiger partial charge in [-0.15, -0.1) is 0 Å². The first-order valence-corrected chi connectivity index (χ1v) is 20.0. The highest BCUT2D eigenvalue weighted by Crippen LogP contribution is 2.72. The van der Waals surface area contributed by atoms with E-state index in [-0.39, 0.29) is 39.2 Å². The monoisotopic (exact) mass is 779 g/mol. The van der Waals surface area contributed by atoms with E-state index in [1.54, 1.807) is 42.4 Å². The fourth-order valence-electron chi connectivity index (χ4n) is 11.0. The molecular formula is C45H57N5O7. The van der Waals surface area contributed by atoms with Crippen LogP contribution < -0.4 is 0 Å². The number of rotatable bonds is 10. The number of hydrogen-bond donors (Lipinski definition) is 1. The van der Waals surface area contributed by atoms with Crippen molar-refractivity contribution in [1.29, 1.82) is 0 Å². The van der Waals surface area contributed by atoms with Gasteiger partial charge in [0.15, 0.2) is 5.69 Å². The van der Waals surface area contributed by atoms with Crippen molar-refractivity contribution in [2.45, 2.75) is 124 Å². The number of aromatic nitrogens is 4. The van der Waals surface area contributed by atoms with Gasteiger partial charge in [-0.05, 0) is 134 Å². The average molecular weight is 780 g/mol. The van der Waals surface area contributed by atoms with Gasteiger partial charge in [0.25, 0.3) is 0 Å². The van der Waals surface area contributed by atoms with Gasteiger partial charge in [0.05, 0.1) is 35.2 Å². The molecule has 304 valence electrons. The van der Waals surface area contributed by atoms with E-state index >= 15 is 0 Å². The Labute approximate surface area is 335 Å². The molecule has 1 aromatic carbocycles. The van der Waals surface area contributed by atoms with Crippen molar-refractivity contribution in [2.75, 3.05) is 20.2 Å². The van der Waals surface area contributed by atoms with Crippen molar-refractivity contribution in [1.82, 2.24) is 24.6 Å². The summed E-state index contributed by atoms with van der Waals surface area (Å²) in [6.07, 6.45) is 9.34. The molecule has 4 saturated carbocycles. The normalized spacial score (nSPS) is 25.4. The fourth-order valence-corrected chi connectivity index (χ4v) is 11.0. The van der Waals surface area contributed by atoms with Gasteiger partial charge in [-0.3, -0.25) is 9.67 Å². The number of nitrogens with zero attached hydrogens (tertiary/aromatic N) is 5. The number of carboxylic acids is 1. The maximum absolute atomic E-state index is 13.9. The molecule has 0 radical (unpaired) electrons. The molecule has 4 aromatic rings. The van der Waals surface area contributed by atoms with Crippen molar-refractivity contribution in [3.05, 3.63) is 65.7 Å². The Hall–Kier alpha value is -4.84. The molecule has 3 heterocycles. The van der Waals surface area contributed by atoms with Crippen molar-refractivity contribution in [3.63, 3.8) is 0 Å². The first-order chi connectivity index (χ1) is 26.5. The third-order valence-corrected chi connectivity index (χ3v) is 11.8. The Morgan fingerprint density at radius 1 is 0.877 bits per heavy atom. The topological polar surface area (TPSA) is 146 Å². The van der Waals surface area contributed by atoms with Crippen molar-refractivity contribution in [3.8, 4) is 22.4 Å². The van der Waals surface area contributed by atoms with E-state index in [0.717, 1.165) is 56.3 Å². The minimum absolute atomic E-state index is 0.0443. The number of benzene rings is 1. The summed E-state index contributed by atoms with van der Waals surface area (Å²) in [4.78, 5) is 49.6. The van der Waals surface area contributed by atoms with Crippen LogP contribution >= 0.6 is 0 Å². The lowest BCUT2D eigenvalue weighted by Crippen LogP contribution is -2.64. The maximum Gasteiger partial charge on any atom is 0.410 e. The number of esters is 1. The van der Waals surface area contributed by atoms with Crippen molar-refractivity contribution < 1.29 is 33.7 Å². The molecular weight excluding hydrogens is 723 g/mol. The summed E-state index contributed by atoms with van der Waals surface area (Å²) in [6.45, 7) is 19.5. The van der Waals surface area contributed by atoms with E-state index in [1.165, 1.54) is 0 Å². The Bertz CT molecular complexity index is 2230. The molecule has 4 bridgehead atoms. The first kappa shape index (κ1) is 40.4. The number of fused-ring (bicyclic) bond motifs is 1. The quantitative estimate of drug-likeness (QED) is 0.155. The maximum atomic E-state index is 13.9. The van der Waals surface area contributed by atoms with Gasteiger partial charge in [0, 0.05) is 54.1 Å². The lowest BCUT2D eigenvalue weighted by molar-refractivity contribution is -0.248. The van der Waals surface area contributed by atoms with E-state index in [4.69, 9.17) is 24.3 Å².